The first-order valence-electron chi connectivity index (χ1n) is 3.13. The van der Waals surface area contributed by atoms with Crippen molar-refractivity contribution in [2.45, 2.75) is 0 Å². The maximum atomic E-state index is 9.10. The van der Waals surface area contributed by atoms with Gasteiger partial charge in [0.15, 0.2) is 0 Å². The number of carboxylic acids is 2. The average Bonchev–Trinajstić information content (AvgIpc) is 2.02. The van der Waals surface area contributed by atoms with E-state index in [4.69, 9.17) is 19.8 Å². The van der Waals surface area contributed by atoms with Crippen LogP contribution in [0.1, 0.15) is 0 Å². The molecule has 0 aromatic rings. The van der Waals surface area contributed by atoms with Gasteiger partial charge in [-0.2, -0.15) is 0 Å². The Morgan fingerprint density at radius 3 is 1.31 bits per heavy atom. The number of carbonyl (C=O) groups is 2. The van der Waals surface area contributed by atoms with Crippen molar-refractivity contribution in [2.24, 2.45) is 0 Å². The molecule has 0 amide bonds. The van der Waals surface area contributed by atoms with Crippen molar-refractivity contribution >= 4 is 35.5 Å². The topological polar surface area (TPSA) is 74.6 Å². The van der Waals surface area contributed by atoms with Crippen LogP contribution in [0.15, 0.2) is 0 Å². The molecule has 7 heteroatoms. The molecule has 0 saturated heterocycles. The molecule has 13 heavy (non-hydrogen) atoms. The summed E-state index contributed by atoms with van der Waals surface area (Å²) in [4.78, 5) is 18.2. The first kappa shape index (κ1) is 19.0. The minimum absolute atomic E-state index is 0. The van der Waals surface area contributed by atoms with Crippen molar-refractivity contribution in [3.8, 4) is 0 Å². The Kier molecular flexibility index (Phi) is 21.7. The van der Waals surface area contributed by atoms with Crippen molar-refractivity contribution in [3.05, 3.63) is 0 Å². The van der Waals surface area contributed by atoms with Gasteiger partial charge in [-0.05, 0) is 23.5 Å². The first-order chi connectivity index (χ1) is 5.56. The smallest absolute Gasteiger partial charge is 0.414 e. The Morgan fingerprint density at radius 2 is 1.23 bits per heavy atom. The van der Waals surface area contributed by atoms with Crippen molar-refractivity contribution < 1.29 is 40.9 Å². The Hall–Kier alpha value is 0.328. The van der Waals surface area contributed by atoms with Gasteiger partial charge in [-0.1, -0.05) is 0 Å². The molecule has 0 radical (unpaired) electrons. The Bertz CT molecular complexity index is 127. The third kappa shape index (κ3) is 24.5. The molecular weight excluding hydrogens is 395 g/mol. The number of aliphatic carboxylic acids is 2. The van der Waals surface area contributed by atoms with Crippen LogP contribution in [-0.2, 0) is 54.2 Å². The summed E-state index contributed by atoms with van der Waals surface area (Å²) in [5.41, 5.74) is 0. The van der Waals surface area contributed by atoms with Crippen molar-refractivity contribution in [1.29, 1.82) is 0 Å². The van der Waals surface area contributed by atoms with E-state index in [1.54, 1.807) is 0 Å². The molecular formula is C6H14O4PtS2+2. The molecule has 82 valence electrons. The van der Waals surface area contributed by atoms with Gasteiger partial charge in [-0.3, -0.25) is 0 Å². The molecule has 0 aliphatic carbocycles. The van der Waals surface area contributed by atoms with E-state index >= 15 is 0 Å². The van der Waals surface area contributed by atoms with Crippen molar-refractivity contribution in [1.82, 2.24) is 0 Å². The number of hydrogen-bond acceptors (Lipinski definition) is 2. The maximum absolute atomic E-state index is 9.10. The predicted octanol–water partition coefficient (Wildman–Crippen LogP) is -0.971. The second kappa shape index (κ2) is 14.8. The van der Waals surface area contributed by atoms with Crippen LogP contribution in [0, 0.1) is 0 Å². The molecule has 0 aliphatic heterocycles. The van der Waals surface area contributed by atoms with Gasteiger partial charge in [0.2, 0.25) is 0 Å². The van der Waals surface area contributed by atoms with Crippen LogP contribution in [0.25, 0.3) is 0 Å². The first-order valence-corrected chi connectivity index (χ1v) is 6.19. The Labute approximate surface area is 100 Å². The third-order valence-corrected chi connectivity index (χ3v) is 2.42. The second-order valence-corrected chi connectivity index (χ2v) is 3.85. The van der Waals surface area contributed by atoms with Gasteiger partial charge in [0.1, 0.15) is 11.5 Å². The molecule has 0 unspecified atom stereocenters. The van der Waals surface area contributed by atoms with Gasteiger partial charge in [-0.15, -0.1) is 0 Å². The van der Waals surface area contributed by atoms with E-state index in [-0.39, 0.29) is 21.1 Å². The van der Waals surface area contributed by atoms with Crippen LogP contribution in [0.4, 0.5) is 0 Å². The fraction of sp³-hybridized carbons (Fsp3) is 0.667. The zero-order valence-electron chi connectivity index (χ0n) is 7.34. The van der Waals surface area contributed by atoms with Gasteiger partial charge in [0, 0.05) is 21.1 Å². The molecule has 0 heterocycles. The van der Waals surface area contributed by atoms with Crippen LogP contribution in [0.3, 0.4) is 0 Å². The van der Waals surface area contributed by atoms with E-state index in [2.05, 4.69) is 12.5 Å². The summed E-state index contributed by atoms with van der Waals surface area (Å²) in [7, 11) is 0. The van der Waals surface area contributed by atoms with Gasteiger partial charge in [0.25, 0.3) is 0 Å². The molecule has 0 spiro atoms. The largest absolute Gasteiger partial charge is 0.473 e. The molecule has 2 N–H and O–H groups in total. The Morgan fingerprint density at radius 1 is 1.00 bits per heavy atom. The summed E-state index contributed by atoms with van der Waals surface area (Å²) in [5, 5.41) is 14.8. The molecule has 4 nitrogen and oxygen atoms in total. The Balaban J connectivity index is -0.000000143. The van der Waals surface area contributed by atoms with E-state index in [1.165, 1.54) is 35.0 Å². The average molecular weight is 409 g/mol. The van der Waals surface area contributed by atoms with Crippen LogP contribution >= 0.6 is 0 Å². The van der Waals surface area contributed by atoms with Gasteiger partial charge < -0.3 is 10.2 Å². The number of rotatable bonds is 3. The summed E-state index contributed by atoms with van der Waals surface area (Å²) in [6, 6.07) is 0. The molecule has 0 aromatic heterocycles. The van der Waals surface area contributed by atoms with Crippen LogP contribution in [-0.4, -0.2) is 46.2 Å². The van der Waals surface area contributed by atoms with E-state index in [0.29, 0.717) is 0 Å². The molecule has 0 saturated carbocycles. The van der Waals surface area contributed by atoms with E-state index < -0.39 is 11.9 Å². The molecule has 0 atom stereocenters. The minimum Gasteiger partial charge on any atom is -0.473 e. The number of carboxylic acid groups (broad SMARTS) is 2. The zero-order valence-corrected chi connectivity index (χ0v) is 11.4. The summed E-state index contributed by atoms with van der Waals surface area (Å²) in [6.45, 7) is 0. The summed E-state index contributed by atoms with van der Waals surface area (Å²) < 4.78 is 0. The third-order valence-electron chi connectivity index (χ3n) is 0.730. The van der Waals surface area contributed by atoms with Crippen LogP contribution in [0.5, 0.6) is 0 Å². The molecule has 0 aromatic carbocycles. The van der Waals surface area contributed by atoms with Crippen molar-refractivity contribution in [3.63, 3.8) is 0 Å². The number of thiol groups is 2. The van der Waals surface area contributed by atoms with Gasteiger partial charge in [-0.25, -0.2) is 9.59 Å². The van der Waals surface area contributed by atoms with E-state index in [0.717, 1.165) is 0 Å². The normalized spacial score (nSPS) is 7.54. The fourth-order valence-corrected chi connectivity index (χ4v) is 1.80. The molecule has 0 aliphatic rings. The number of hydrogen-bond donors (Lipinski definition) is 2. The maximum Gasteiger partial charge on any atom is 0.414 e. The van der Waals surface area contributed by atoms with Crippen LogP contribution < -0.4 is 0 Å². The van der Waals surface area contributed by atoms with Crippen LogP contribution in [0.2, 0.25) is 0 Å². The van der Waals surface area contributed by atoms with Gasteiger partial charge in [0.05, 0.1) is 12.5 Å². The van der Waals surface area contributed by atoms with Crippen molar-refractivity contribution in [2.75, 3.05) is 24.0 Å². The minimum atomic E-state index is -1.82. The summed E-state index contributed by atoms with van der Waals surface area (Å²) in [5.74, 6) is -0.902. The predicted molar refractivity (Wildman–Crippen MR) is 54.4 cm³/mol. The monoisotopic (exact) mass is 409 g/mol. The summed E-state index contributed by atoms with van der Waals surface area (Å²) in [6.07, 6.45) is 4.40. The standard InChI is InChI=1S/C4H10S2.C2H2O4.Pt/c1-5-3-4-6-2;3-1(4)2(5)6;/h3-4H2,1-2H3;(H,3,4)(H,5,6);/p+2. The molecule has 0 fully saturated rings. The fourth-order valence-electron chi connectivity index (χ4n) is 0.200. The summed E-state index contributed by atoms with van der Waals surface area (Å²) >= 11 is 3.08. The molecule has 0 rings (SSSR count). The second-order valence-electron chi connectivity index (χ2n) is 1.69. The van der Waals surface area contributed by atoms with E-state index in [1.807, 2.05) is 0 Å². The van der Waals surface area contributed by atoms with E-state index in [9.17, 15) is 0 Å². The zero-order chi connectivity index (χ0) is 9.98. The molecule has 0 bridgehead atoms. The van der Waals surface area contributed by atoms with Gasteiger partial charge >= 0.3 is 11.9 Å². The SMILES string of the molecule is C[SH+]CC[SH+]C.O=C(O)C(=O)O.[Pt]. The quantitative estimate of drug-likeness (QED) is 0.272.